The quantitative estimate of drug-likeness (QED) is 0.369. The summed E-state index contributed by atoms with van der Waals surface area (Å²) in [5.74, 6) is 0. The third-order valence-corrected chi connectivity index (χ3v) is 7.96. The third-order valence-electron chi connectivity index (χ3n) is 5.27. The minimum atomic E-state index is -4.94. The highest BCUT2D eigenvalue weighted by atomic mass is 32.2. The van der Waals surface area contributed by atoms with E-state index in [1.807, 2.05) is 0 Å². The fraction of sp³-hybridized carbons (Fsp3) is 0.200. The Morgan fingerprint density at radius 3 is 1.33 bits per heavy atom. The molecule has 0 heterocycles. The van der Waals surface area contributed by atoms with Crippen molar-refractivity contribution in [3.63, 3.8) is 0 Å². The Labute approximate surface area is 191 Å². The molecule has 13 heteroatoms. The maximum absolute atomic E-state index is 12.1. The number of hydrogen-bond donors (Lipinski definition) is 4. The number of nitrogens with one attached hydrogen (secondary N) is 1. The molecule has 0 unspecified atom stereocenters. The molecule has 4 N–H and O–H groups in total. The summed E-state index contributed by atoms with van der Waals surface area (Å²) in [6.07, 6.45) is 0. The standard InChI is InChI=1S/C20H21NO9S3/c1-4-21-17-9-18(31(22,23)24)14-7-8-16-12(3)15(6-5-13(17)11(14)2)19(32(25,26)27)10-20(16)33(28,29)30/h5-10,21H,4H2,1-3H3,(H,22,23,24)(H,25,26,27)(H,28,29,30). The van der Waals surface area contributed by atoms with E-state index in [4.69, 9.17) is 0 Å². The molecule has 0 spiro atoms. The Morgan fingerprint density at radius 1 is 0.636 bits per heavy atom. The van der Waals surface area contributed by atoms with Gasteiger partial charge in [0.15, 0.2) is 0 Å². The van der Waals surface area contributed by atoms with Gasteiger partial charge in [-0.2, -0.15) is 25.3 Å². The molecule has 0 radical (unpaired) electrons. The SMILES string of the molecule is CCNc1cc(S(=O)(=O)O)c2ccc3c(S(=O)(=O)O)cc(S(=O)(=O)O)c(ccc1c2C)c3C. The fourth-order valence-electron chi connectivity index (χ4n) is 3.75. The van der Waals surface area contributed by atoms with Crippen molar-refractivity contribution >= 4 is 57.6 Å². The lowest BCUT2D eigenvalue weighted by atomic mass is 10.0. The van der Waals surface area contributed by atoms with Crippen molar-refractivity contribution in [1.29, 1.82) is 0 Å². The maximum Gasteiger partial charge on any atom is 0.295 e. The number of aryl methyl sites for hydroxylation is 2. The maximum atomic E-state index is 12.1. The highest BCUT2D eigenvalue weighted by Gasteiger charge is 2.23. The number of anilines is 1. The van der Waals surface area contributed by atoms with E-state index in [1.54, 1.807) is 13.8 Å². The van der Waals surface area contributed by atoms with Crippen LogP contribution in [0.3, 0.4) is 0 Å². The van der Waals surface area contributed by atoms with E-state index in [1.165, 1.54) is 37.3 Å². The van der Waals surface area contributed by atoms with Gasteiger partial charge in [-0.25, -0.2) is 0 Å². The van der Waals surface area contributed by atoms with E-state index < -0.39 is 45.0 Å². The molecule has 33 heavy (non-hydrogen) atoms. The monoisotopic (exact) mass is 515 g/mol. The van der Waals surface area contributed by atoms with Gasteiger partial charge < -0.3 is 5.32 Å². The molecule has 3 aromatic carbocycles. The predicted molar refractivity (Wildman–Crippen MR) is 123 cm³/mol. The van der Waals surface area contributed by atoms with Crippen molar-refractivity contribution in [3.8, 4) is 0 Å². The van der Waals surface area contributed by atoms with Gasteiger partial charge in [-0.05, 0) is 60.2 Å². The third kappa shape index (κ3) is 4.74. The molecule has 10 nitrogen and oxygen atoms in total. The van der Waals surface area contributed by atoms with Gasteiger partial charge in [0.1, 0.15) is 14.7 Å². The van der Waals surface area contributed by atoms with E-state index in [0.717, 1.165) is 0 Å². The van der Waals surface area contributed by atoms with Crippen molar-refractivity contribution in [2.24, 2.45) is 0 Å². The summed E-state index contributed by atoms with van der Waals surface area (Å²) in [5, 5.41) is 3.40. The normalized spacial score (nSPS) is 12.8. The lowest BCUT2D eigenvalue weighted by Crippen LogP contribution is -2.06. The number of fused-ring (bicyclic) bond motifs is 4. The van der Waals surface area contributed by atoms with Crippen molar-refractivity contribution in [3.05, 3.63) is 47.5 Å². The molecule has 0 aromatic heterocycles. The van der Waals surface area contributed by atoms with Crippen LogP contribution in [-0.4, -0.2) is 45.5 Å². The molecule has 0 saturated heterocycles. The lowest BCUT2D eigenvalue weighted by Gasteiger charge is -2.14. The molecule has 0 aliphatic heterocycles. The summed E-state index contributed by atoms with van der Waals surface area (Å²) in [4.78, 5) is -1.94. The summed E-state index contributed by atoms with van der Waals surface area (Å²) in [6.45, 7) is 5.14. The van der Waals surface area contributed by atoms with Crippen molar-refractivity contribution in [1.82, 2.24) is 0 Å². The van der Waals surface area contributed by atoms with Gasteiger partial charge >= 0.3 is 0 Å². The van der Waals surface area contributed by atoms with E-state index >= 15 is 0 Å². The molecule has 0 saturated carbocycles. The van der Waals surface area contributed by atoms with Gasteiger partial charge in [-0.3, -0.25) is 13.7 Å². The van der Waals surface area contributed by atoms with Crippen LogP contribution in [0.15, 0.2) is 51.1 Å². The second kappa shape index (κ2) is 8.34. The number of rotatable bonds is 5. The largest absolute Gasteiger partial charge is 0.385 e. The van der Waals surface area contributed by atoms with Gasteiger partial charge in [0, 0.05) is 17.6 Å². The van der Waals surface area contributed by atoms with Crippen molar-refractivity contribution < 1.29 is 38.9 Å². The minimum Gasteiger partial charge on any atom is -0.385 e. The first-order chi connectivity index (χ1) is 15.1. The molecule has 0 aliphatic carbocycles. The van der Waals surface area contributed by atoms with E-state index in [0.29, 0.717) is 29.2 Å². The van der Waals surface area contributed by atoms with E-state index in [2.05, 4.69) is 5.32 Å². The second-order valence-electron chi connectivity index (χ2n) is 7.32. The topological polar surface area (TPSA) is 175 Å². The van der Waals surface area contributed by atoms with E-state index in [-0.39, 0.29) is 21.7 Å². The Balaban J connectivity index is 2.75. The number of benzene rings is 2. The first-order valence-corrected chi connectivity index (χ1v) is 13.8. The minimum absolute atomic E-state index is 0.0197. The van der Waals surface area contributed by atoms with Crippen LogP contribution in [-0.2, 0) is 30.4 Å². The molecular formula is C20H21NO9S3. The van der Waals surface area contributed by atoms with E-state index in [9.17, 15) is 38.9 Å². The molecular weight excluding hydrogens is 494 g/mol. The molecule has 4 bridgehead atoms. The summed E-state index contributed by atoms with van der Waals surface area (Å²) in [5.41, 5.74) is 0.821. The molecule has 0 fully saturated rings. The van der Waals surface area contributed by atoms with Gasteiger partial charge in [0.05, 0.1) is 0 Å². The van der Waals surface area contributed by atoms with Gasteiger partial charge in [0.25, 0.3) is 30.4 Å². The Kier molecular flexibility index (Phi) is 6.34. The fourth-order valence-corrected chi connectivity index (χ4v) is 6.13. The van der Waals surface area contributed by atoms with Crippen LogP contribution in [0.4, 0.5) is 5.69 Å². The highest BCUT2D eigenvalue weighted by Crippen LogP contribution is 2.35. The summed E-state index contributed by atoms with van der Waals surface area (Å²) in [7, 11) is -14.5. The van der Waals surface area contributed by atoms with Crippen LogP contribution in [0.25, 0.3) is 21.5 Å². The summed E-state index contributed by atoms with van der Waals surface area (Å²) >= 11 is 0. The lowest BCUT2D eigenvalue weighted by molar-refractivity contribution is 0.480. The predicted octanol–water partition coefficient (Wildman–Crippen LogP) is 3.34. The zero-order valence-corrected chi connectivity index (χ0v) is 20.1. The number of hydrogen-bond acceptors (Lipinski definition) is 7. The Morgan fingerprint density at radius 2 is 0.970 bits per heavy atom. The highest BCUT2D eigenvalue weighted by molar-refractivity contribution is 7.87. The van der Waals surface area contributed by atoms with Gasteiger partial charge in [0.2, 0.25) is 0 Å². The van der Waals surface area contributed by atoms with Crippen LogP contribution >= 0.6 is 0 Å². The van der Waals surface area contributed by atoms with Crippen molar-refractivity contribution in [2.45, 2.75) is 35.5 Å². The van der Waals surface area contributed by atoms with Gasteiger partial charge in [-0.15, -0.1) is 0 Å². The first-order valence-electron chi connectivity index (χ1n) is 9.45. The molecule has 0 amide bonds. The molecule has 0 atom stereocenters. The zero-order valence-electron chi connectivity index (χ0n) is 17.7. The second-order valence-corrected chi connectivity index (χ2v) is 11.5. The van der Waals surface area contributed by atoms with Crippen LogP contribution in [0.1, 0.15) is 18.1 Å². The average molecular weight is 516 g/mol. The van der Waals surface area contributed by atoms with Crippen LogP contribution < -0.4 is 5.32 Å². The summed E-state index contributed by atoms with van der Waals surface area (Å²) < 4.78 is 101. The van der Waals surface area contributed by atoms with Gasteiger partial charge in [-0.1, -0.05) is 24.3 Å². The zero-order chi connectivity index (χ0) is 24.9. The average Bonchev–Trinajstić information content (AvgIpc) is 2.64. The molecule has 3 aromatic rings. The van der Waals surface area contributed by atoms with Crippen LogP contribution in [0, 0.1) is 13.8 Å². The van der Waals surface area contributed by atoms with Crippen molar-refractivity contribution in [2.75, 3.05) is 11.9 Å². The Bertz CT molecular complexity index is 1660. The smallest absolute Gasteiger partial charge is 0.295 e. The molecule has 3 rings (SSSR count). The Hall–Kier alpha value is -2.55. The first kappa shape index (κ1) is 25.1. The van der Waals surface area contributed by atoms with Crippen LogP contribution in [0.5, 0.6) is 0 Å². The summed E-state index contributed by atoms with van der Waals surface area (Å²) in [6, 6.07) is 7.12. The van der Waals surface area contributed by atoms with Crippen LogP contribution in [0.2, 0.25) is 0 Å². The molecule has 0 aliphatic rings. The molecule has 178 valence electrons.